The zero-order valence-corrected chi connectivity index (χ0v) is 7.45. The summed E-state index contributed by atoms with van der Waals surface area (Å²) in [5, 5.41) is 8.31. The Labute approximate surface area is 76.4 Å². The third-order valence-corrected chi connectivity index (χ3v) is 1.67. The molecule has 0 radical (unpaired) electrons. The average molecular weight is 234 g/mol. The van der Waals surface area contributed by atoms with E-state index in [-0.39, 0.29) is 5.56 Å². The number of carboxylic acid groups (broad SMARTS) is 1. The Morgan fingerprint density at radius 3 is 2.83 bits per heavy atom. The number of carboxylic acids is 1. The van der Waals surface area contributed by atoms with Gasteiger partial charge in [0.05, 0.1) is 0 Å². The van der Waals surface area contributed by atoms with Crippen LogP contribution in [-0.2, 0) is 4.79 Å². The van der Waals surface area contributed by atoms with E-state index < -0.39 is 12.1 Å². The van der Waals surface area contributed by atoms with Gasteiger partial charge < -0.3 is 5.11 Å². The molecule has 64 valence electrons. The van der Waals surface area contributed by atoms with Gasteiger partial charge in [-0.05, 0) is 22.0 Å². The molecule has 1 heterocycles. The van der Waals surface area contributed by atoms with Crippen molar-refractivity contribution in [3.63, 3.8) is 0 Å². The lowest BCUT2D eigenvalue weighted by Gasteiger charge is -2.01. The summed E-state index contributed by atoms with van der Waals surface area (Å²) in [4.78, 5) is 13.8. The van der Waals surface area contributed by atoms with E-state index in [1.165, 1.54) is 18.5 Å². The van der Waals surface area contributed by atoms with Crippen molar-refractivity contribution in [3.05, 3.63) is 28.5 Å². The van der Waals surface area contributed by atoms with E-state index in [9.17, 15) is 9.18 Å². The normalized spacial score (nSPS) is 12.5. The maximum absolute atomic E-state index is 12.8. The van der Waals surface area contributed by atoms with Gasteiger partial charge in [-0.15, -0.1) is 0 Å². The average Bonchev–Trinajstić information content (AvgIpc) is 2.03. The summed E-state index contributed by atoms with van der Waals surface area (Å²) in [5.41, 5.74) is 0.0388. The van der Waals surface area contributed by atoms with Gasteiger partial charge >= 0.3 is 5.97 Å². The second kappa shape index (κ2) is 3.62. The van der Waals surface area contributed by atoms with Crippen LogP contribution in [0.3, 0.4) is 0 Å². The predicted molar refractivity (Wildman–Crippen MR) is 43.4 cm³/mol. The van der Waals surface area contributed by atoms with Crippen LogP contribution in [0.5, 0.6) is 0 Å². The van der Waals surface area contributed by atoms with Gasteiger partial charge in [0.1, 0.15) is 0 Å². The highest BCUT2D eigenvalue weighted by molar-refractivity contribution is 9.10. The number of hydrogen-bond donors (Lipinski definition) is 1. The summed E-state index contributed by atoms with van der Waals surface area (Å²) < 4.78 is 13.3. The fraction of sp³-hybridized carbons (Fsp3) is 0.143. The van der Waals surface area contributed by atoms with Crippen LogP contribution in [-0.4, -0.2) is 16.1 Å². The molecule has 0 fully saturated rings. The molecule has 1 atom stereocenters. The van der Waals surface area contributed by atoms with Crippen LogP contribution >= 0.6 is 15.9 Å². The molecule has 0 aliphatic rings. The van der Waals surface area contributed by atoms with Crippen LogP contribution in [0.1, 0.15) is 11.7 Å². The molecule has 0 bridgehead atoms. The van der Waals surface area contributed by atoms with Gasteiger partial charge in [-0.2, -0.15) is 0 Å². The lowest BCUT2D eigenvalue weighted by atomic mass is 10.2. The maximum Gasteiger partial charge on any atom is 0.343 e. The molecule has 1 aromatic heterocycles. The van der Waals surface area contributed by atoms with Gasteiger partial charge in [-0.3, -0.25) is 4.98 Å². The zero-order chi connectivity index (χ0) is 9.14. The third kappa shape index (κ3) is 2.01. The highest BCUT2D eigenvalue weighted by Gasteiger charge is 2.18. The fourth-order valence-electron chi connectivity index (χ4n) is 0.709. The quantitative estimate of drug-likeness (QED) is 0.850. The Morgan fingerprint density at radius 1 is 1.67 bits per heavy atom. The molecular weight excluding hydrogens is 229 g/mol. The SMILES string of the molecule is O=C(O)C(F)c1cncc(Br)c1. The number of aromatic nitrogens is 1. The Kier molecular flexibility index (Phi) is 2.75. The van der Waals surface area contributed by atoms with Crippen molar-refractivity contribution in [3.8, 4) is 0 Å². The molecule has 0 aliphatic heterocycles. The minimum Gasteiger partial charge on any atom is -0.479 e. The van der Waals surface area contributed by atoms with E-state index in [2.05, 4.69) is 20.9 Å². The summed E-state index contributed by atoms with van der Waals surface area (Å²) in [7, 11) is 0. The summed E-state index contributed by atoms with van der Waals surface area (Å²) in [6.45, 7) is 0. The molecule has 1 unspecified atom stereocenters. The molecular formula is C7H5BrFNO2. The lowest BCUT2D eigenvalue weighted by Crippen LogP contribution is -2.06. The van der Waals surface area contributed by atoms with Crippen LogP contribution in [0.4, 0.5) is 4.39 Å². The van der Waals surface area contributed by atoms with Crippen LogP contribution in [0.25, 0.3) is 0 Å². The Balaban J connectivity index is 2.95. The highest BCUT2D eigenvalue weighted by atomic mass is 79.9. The molecule has 0 amide bonds. The Bertz CT molecular complexity index is 305. The van der Waals surface area contributed by atoms with E-state index >= 15 is 0 Å². The standard InChI is InChI=1S/C7H5BrFNO2/c8-5-1-4(2-10-3-5)6(9)7(11)12/h1-3,6H,(H,11,12). The second-order valence-corrected chi connectivity index (χ2v) is 3.05. The van der Waals surface area contributed by atoms with E-state index in [1.54, 1.807) is 0 Å². The largest absolute Gasteiger partial charge is 0.479 e. The van der Waals surface area contributed by atoms with Crippen molar-refractivity contribution in [1.82, 2.24) is 4.98 Å². The summed E-state index contributed by atoms with van der Waals surface area (Å²) in [5.74, 6) is -1.50. The minimum atomic E-state index is -2.00. The van der Waals surface area contributed by atoms with Crippen LogP contribution in [0.2, 0.25) is 0 Å². The van der Waals surface area contributed by atoms with E-state index in [0.717, 1.165) is 0 Å². The van der Waals surface area contributed by atoms with Crippen LogP contribution in [0, 0.1) is 0 Å². The number of hydrogen-bond acceptors (Lipinski definition) is 2. The Hall–Kier alpha value is -0.970. The molecule has 1 aromatic rings. The first-order valence-corrected chi connectivity index (χ1v) is 3.88. The number of nitrogens with zero attached hydrogens (tertiary/aromatic N) is 1. The summed E-state index contributed by atoms with van der Waals surface area (Å²) in [6, 6.07) is 1.38. The van der Waals surface area contributed by atoms with Gasteiger partial charge in [0.15, 0.2) is 0 Å². The third-order valence-electron chi connectivity index (χ3n) is 1.24. The molecule has 5 heteroatoms. The topological polar surface area (TPSA) is 50.2 Å². The molecule has 0 aliphatic carbocycles. The smallest absolute Gasteiger partial charge is 0.343 e. The molecule has 0 spiro atoms. The molecule has 0 saturated heterocycles. The van der Waals surface area contributed by atoms with Crippen molar-refractivity contribution in [2.45, 2.75) is 6.17 Å². The summed E-state index contributed by atoms with van der Waals surface area (Å²) in [6.07, 6.45) is 0.636. The maximum atomic E-state index is 12.8. The van der Waals surface area contributed by atoms with E-state index in [1.807, 2.05) is 0 Å². The number of carbonyl (C=O) groups is 1. The molecule has 12 heavy (non-hydrogen) atoms. The number of rotatable bonds is 2. The lowest BCUT2D eigenvalue weighted by molar-refractivity contribution is -0.143. The van der Waals surface area contributed by atoms with Gasteiger partial charge in [0.25, 0.3) is 0 Å². The first-order valence-electron chi connectivity index (χ1n) is 3.08. The predicted octanol–water partition coefficient (Wildman–Crippen LogP) is 1.94. The molecule has 0 aromatic carbocycles. The number of halogens is 2. The van der Waals surface area contributed by atoms with Crippen molar-refractivity contribution >= 4 is 21.9 Å². The van der Waals surface area contributed by atoms with E-state index in [0.29, 0.717) is 4.47 Å². The fourth-order valence-corrected chi connectivity index (χ4v) is 1.09. The van der Waals surface area contributed by atoms with Crippen molar-refractivity contribution in [1.29, 1.82) is 0 Å². The number of aliphatic carboxylic acids is 1. The Morgan fingerprint density at radius 2 is 2.33 bits per heavy atom. The van der Waals surface area contributed by atoms with Crippen molar-refractivity contribution in [2.24, 2.45) is 0 Å². The van der Waals surface area contributed by atoms with Gasteiger partial charge in [0, 0.05) is 22.4 Å². The number of alkyl halides is 1. The second-order valence-electron chi connectivity index (χ2n) is 2.14. The van der Waals surface area contributed by atoms with Crippen molar-refractivity contribution < 1.29 is 14.3 Å². The molecule has 0 saturated carbocycles. The number of pyridine rings is 1. The molecule has 3 nitrogen and oxygen atoms in total. The van der Waals surface area contributed by atoms with Gasteiger partial charge in [-0.1, -0.05) is 0 Å². The first kappa shape index (κ1) is 9.12. The van der Waals surface area contributed by atoms with Gasteiger partial charge in [0.2, 0.25) is 6.17 Å². The monoisotopic (exact) mass is 233 g/mol. The summed E-state index contributed by atoms with van der Waals surface area (Å²) >= 11 is 3.06. The highest BCUT2D eigenvalue weighted by Crippen LogP contribution is 2.19. The first-order chi connectivity index (χ1) is 5.61. The minimum absolute atomic E-state index is 0.0388. The molecule has 1 N–H and O–H groups in total. The van der Waals surface area contributed by atoms with Crippen molar-refractivity contribution in [2.75, 3.05) is 0 Å². The van der Waals surface area contributed by atoms with Crippen LogP contribution in [0.15, 0.2) is 22.9 Å². The van der Waals surface area contributed by atoms with Gasteiger partial charge in [-0.25, -0.2) is 9.18 Å². The zero-order valence-electron chi connectivity index (χ0n) is 5.87. The van der Waals surface area contributed by atoms with E-state index in [4.69, 9.17) is 5.11 Å². The molecule has 1 rings (SSSR count). The van der Waals surface area contributed by atoms with Crippen LogP contribution < -0.4 is 0 Å².